The van der Waals surface area contributed by atoms with Crippen molar-refractivity contribution in [2.75, 3.05) is 0 Å². The molecule has 0 heterocycles. The topological polar surface area (TPSA) is 75.6 Å². The molecule has 0 spiro atoms. The van der Waals surface area contributed by atoms with Gasteiger partial charge in [-0.05, 0) is 57.8 Å². The Hall–Kier alpha value is -1.26. The Labute approximate surface area is 127 Å². The number of rotatable bonds is 4. The minimum atomic E-state index is -0.805. The molecule has 0 aromatic heterocycles. The first kappa shape index (κ1) is 17.8. The fourth-order valence-electron chi connectivity index (χ4n) is 3.00. The summed E-state index contributed by atoms with van der Waals surface area (Å²) in [7, 11) is 0. The lowest BCUT2D eigenvalue weighted by atomic mass is 9.72. The summed E-state index contributed by atoms with van der Waals surface area (Å²) in [5.74, 6) is 0.256. The third-order valence-corrected chi connectivity index (χ3v) is 4.10. The van der Waals surface area contributed by atoms with E-state index in [-0.39, 0.29) is 18.4 Å². The van der Waals surface area contributed by atoms with E-state index in [1.165, 1.54) is 0 Å². The van der Waals surface area contributed by atoms with E-state index in [9.17, 15) is 9.59 Å². The van der Waals surface area contributed by atoms with Gasteiger partial charge in [-0.1, -0.05) is 13.8 Å². The number of amides is 1. The summed E-state index contributed by atoms with van der Waals surface area (Å²) in [5.41, 5.74) is -0.540. The number of aliphatic carboxylic acids is 1. The molecular weight excluding hydrogens is 270 g/mol. The fourth-order valence-corrected chi connectivity index (χ4v) is 3.00. The molecule has 3 atom stereocenters. The van der Waals surface area contributed by atoms with E-state index in [1.807, 2.05) is 20.8 Å². The maximum Gasteiger partial charge on any atom is 0.407 e. The van der Waals surface area contributed by atoms with Crippen LogP contribution in [0.5, 0.6) is 0 Å². The summed E-state index contributed by atoms with van der Waals surface area (Å²) in [6.45, 7) is 9.79. The van der Waals surface area contributed by atoms with Crippen LogP contribution in [0.4, 0.5) is 4.79 Å². The van der Waals surface area contributed by atoms with Crippen molar-refractivity contribution in [2.24, 2.45) is 17.8 Å². The molecule has 2 N–H and O–H groups in total. The molecule has 5 heteroatoms. The first-order chi connectivity index (χ1) is 9.58. The van der Waals surface area contributed by atoms with Crippen LogP contribution < -0.4 is 5.32 Å². The Kier molecular flexibility index (Phi) is 6.05. The van der Waals surface area contributed by atoms with Gasteiger partial charge in [0.25, 0.3) is 0 Å². The van der Waals surface area contributed by atoms with Crippen LogP contribution in [0.1, 0.15) is 60.3 Å². The van der Waals surface area contributed by atoms with Crippen molar-refractivity contribution in [3.63, 3.8) is 0 Å². The molecular formula is C16H29NO4. The third-order valence-electron chi connectivity index (χ3n) is 4.10. The number of carbonyl (C=O) groups excluding carboxylic acids is 1. The molecule has 0 aliphatic heterocycles. The minimum absolute atomic E-state index is 0.0174. The number of carbonyl (C=O) groups is 2. The summed E-state index contributed by atoms with van der Waals surface area (Å²) in [6.07, 6.45) is 2.34. The van der Waals surface area contributed by atoms with E-state index in [1.54, 1.807) is 0 Å². The van der Waals surface area contributed by atoms with Crippen molar-refractivity contribution in [2.45, 2.75) is 71.9 Å². The van der Waals surface area contributed by atoms with Crippen LogP contribution in [0.3, 0.4) is 0 Å². The molecule has 3 unspecified atom stereocenters. The maximum atomic E-state index is 11.9. The van der Waals surface area contributed by atoms with Crippen LogP contribution in [0, 0.1) is 17.8 Å². The van der Waals surface area contributed by atoms with E-state index in [4.69, 9.17) is 9.84 Å². The van der Waals surface area contributed by atoms with Crippen LogP contribution in [-0.4, -0.2) is 28.8 Å². The average molecular weight is 299 g/mol. The normalized spacial score (nSPS) is 26.5. The summed E-state index contributed by atoms with van der Waals surface area (Å²) < 4.78 is 5.27. The predicted octanol–water partition coefficient (Wildman–Crippen LogP) is 3.43. The number of alkyl carbamates (subject to hydrolysis) is 1. The van der Waals surface area contributed by atoms with Gasteiger partial charge in [0, 0.05) is 6.04 Å². The molecule has 1 aliphatic carbocycles. The second-order valence-corrected chi connectivity index (χ2v) is 7.43. The van der Waals surface area contributed by atoms with Crippen molar-refractivity contribution in [1.82, 2.24) is 5.32 Å². The molecule has 0 aromatic rings. The van der Waals surface area contributed by atoms with Crippen LogP contribution in [0.25, 0.3) is 0 Å². The minimum Gasteiger partial charge on any atom is -0.481 e. The Balaban J connectivity index is 2.65. The molecule has 5 nitrogen and oxygen atoms in total. The Bertz CT molecular complexity index is 373. The van der Waals surface area contributed by atoms with E-state index in [0.717, 1.165) is 19.3 Å². The summed E-state index contributed by atoms with van der Waals surface area (Å²) in [6, 6.07) is -0.106. The molecule has 0 radical (unpaired) electrons. The molecule has 1 saturated carbocycles. The smallest absolute Gasteiger partial charge is 0.407 e. The van der Waals surface area contributed by atoms with Crippen molar-refractivity contribution in [1.29, 1.82) is 0 Å². The number of hydrogen-bond donors (Lipinski definition) is 2. The van der Waals surface area contributed by atoms with Crippen molar-refractivity contribution < 1.29 is 19.4 Å². The van der Waals surface area contributed by atoms with Crippen molar-refractivity contribution >= 4 is 12.1 Å². The van der Waals surface area contributed by atoms with Gasteiger partial charge in [-0.15, -0.1) is 0 Å². The molecule has 21 heavy (non-hydrogen) atoms. The van der Waals surface area contributed by atoms with Crippen molar-refractivity contribution in [3.8, 4) is 0 Å². The number of carboxylic acid groups (broad SMARTS) is 1. The van der Waals surface area contributed by atoms with Crippen molar-refractivity contribution in [3.05, 3.63) is 0 Å². The highest BCUT2D eigenvalue weighted by Gasteiger charge is 2.34. The largest absolute Gasteiger partial charge is 0.481 e. The van der Waals surface area contributed by atoms with Gasteiger partial charge >= 0.3 is 12.1 Å². The van der Waals surface area contributed by atoms with Crippen LogP contribution in [0.15, 0.2) is 0 Å². The van der Waals surface area contributed by atoms with Gasteiger partial charge in [0.2, 0.25) is 0 Å². The van der Waals surface area contributed by atoms with E-state index < -0.39 is 17.7 Å². The van der Waals surface area contributed by atoms with E-state index in [2.05, 4.69) is 19.2 Å². The molecule has 1 aliphatic rings. The lowest BCUT2D eigenvalue weighted by molar-refractivity contribution is -0.138. The second kappa shape index (κ2) is 7.14. The number of ether oxygens (including phenoxy) is 1. The highest BCUT2D eigenvalue weighted by Crippen LogP contribution is 2.35. The van der Waals surface area contributed by atoms with Crippen LogP contribution >= 0.6 is 0 Å². The number of nitrogens with one attached hydrogen (secondary N) is 1. The number of carboxylic acids is 1. The lowest BCUT2D eigenvalue weighted by Crippen LogP contribution is -2.46. The summed E-state index contributed by atoms with van der Waals surface area (Å²) >= 11 is 0. The quantitative estimate of drug-likeness (QED) is 0.834. The van der Waals surface area contributed by atoms with Gasteiger partial charge in [-0.25, -0.2) is 4.79 Å². The van der Waals surface area contributed by atoms with Gasteiger partial charge in [0.15, 0.2) is 0 Å². The molecule has 1 fully saturated rings. The number of hydrogen-bond acceptors (Lipinski definition) is 3. The molecule has 122 valence electrons. The zero-order valence-corrected chi connectivity index (χ0v) is 13.8. The van der Waals surface area contributed by atoms with Crippen LogP contribution in [0.2, 0.25) is 0 Å². The van der Waals surface area contributed by atoms with Gasteiger partial charge in [0.05, 0.1) is 6.42 Å². The summed E-state index contributed by atoms with van der Waals surface area (Å²) in [4.78, 5) is 23.0. The van der Waals surface area contributed by atoms with Gasteiger partial charge in [0.1, 0.15) is 5.60 Å². The van der Waals surface area contributed by atoms with Gasteiger partial charge in [-0.3, -0.25) is 4.79 Å². The first-order valence-corrected chi connectivity index (χ1v) is 7.79. The molecule has 1 amide bonds. The van der Waals surface area contributed by atoms with Gasteiger partial charge in [-0.2, -0.15) is 0 Å². The lowest BCUT2D eigenvalue weighted by Gasteiger charge is -2.37. The molecule has 0 bridgehead atoms. The zero-order chi connectivity index (χ0) is 16.2. The zero-order valence-electron chi connectivity index (χ0n) is 13.8. The second-order valence-electron chi connectivity index (χ2n) is 7.43. The SMILES string of the molecule is CC(C)C1CCC(NC(=O)OC(C)(C)C)C(CC(=O)O)C1. The highest BCUT2D eigenvalue weighted by atomic mass is 16.6. The van der Waals surface area contributed by atoms with E-state index >= 15 is 0 Å². The monoisotopic (exact) mass is 299 g/mol. The molecule has 0 saturated heterocycles. The molecule has 0 aromatic carbocycles. The Morgan fingerprint density at radius 3 is 2.38 bits per heavy atom. The fraction of sp³-hybridized carbons (Fsp3) is 0.875. The Morgan fingerprint density at radius 2 is 1.90 bits per heavy atom. The Morgan fingerprint density at radius 1 is 1.29 bits per heavy atom. The first-order valence-electron chi connectivity index (χ1n) is 7.79. The highest BCUT2D eigenvalue weighted by molar-refractivity contribution is 5.69. The average Bonchev–Trinajstić information content (AvgIpc) is 2.27. The maximum absolute atomic E-state index is 11.9. The van der Waals surface area contributed by atoms with E-state index in [0.29, 0.717) is 11.8 Å². The predicted molar refractivity (Wildman–Crippen MR) is 81.1 cm³/mol. The summed E-state index contributed by atoms with van der Waals surface area (Å²) in [5, 5.41) is 12.0. The third kappa shape index (κ3) is 6.36. The standard InChI is InChI=1S/C16H29NO4/c1-10(2)11-6-7-13(12(8-11)9-14(18)19)17-15(20)21-16(3,4)5/h10-13H,6-9H2,1-5H3,(H,17,20)(H,18,19). The van der Waals surface area contributed by atoms with Crippen LogP contribution in [-0.2, 0) is 9.53 Å². The van der Waals surface area contributed by atoms with Gasteiger partial charge < -0.3 is 15.2 Å². The molecule has 1 rings (SSSR count).